The summed E-state index contributed by atoms with van der Waals surface area (Å²) in [7, 11) is 0. The number of benzene rings is 1. The molecular formula is C18H22N4O5. The van der Waals surface area contributed by atoms with Crippen LogP contribution in [-0.4, -0.2) is 74.4 Å². The lowest BCUT2D eigenvalue weighted by molar-refractivity contribution is -0.122. The zero-order valence-corrected chi connectivity index (χ0v) is 14.7. The number of ether oxygens (including phenoxy) is 1. The van der Waals surface area contributed by atoms with Crippen molar-refractivity contribution in [3.63, 3.8) is 0 Å². The maximum atomic E-state index is 12.9. The van der Waals surface area contributed by atoms with E-state index >= 15 is 0 Å². The number of hydrogen-bond acceptors (Lipinski definition) is 6. The highest BCUT2D eigenvalue weighted by Crippen LogP contribution is 2.34. The molecule has 0 radical (unpaired) electrons. The van der Waals surface area contributed by atoms with Gasteiger partial charge in [-0.25, -0.2) is 4.68 Å². The number of amides is 1. The molecule has 2 N–H and O–H groups in total. The minimum Gasteiger partial charge on any atom is -0.483 e. The van der Waals surface area contributed by atoms with Gasteiger partial charge in [-0.15, -0.1) is 5.10 Å². The first-order chi connectivity index (χ1) is 13.2. The Morgan fingerprint density at radius 2 is 2.04 bits per heavy atom. The Balaban J connectivity index is 0.000000659. The molecule has 2 aliphatic rings. The Bertz CT molecular complexity index is 766. The number of carbonyl (C=O) groups is 2. The van der Waals surface area contributed by atoms with E-state index in [4.69, 9.17) is 14.6 Å². The van der Waals surface area contributed by atoms with E-state index in [-0.39, 0.29) is 37.0 Å². The van der Waals surface area contributed by atoms with Gasteiger partial charge in [-0.1, -0.05) is 23.4 Å². The van der Waals surface area contributed by atoms with Crippen molar-refractivity contribution in [3.8, 4) is 5.69 Å². The SMILES string of the molecule is O=C(c1cn(-c2ccccc2)nn1)N1CCOC2C[C@H](CO)C[C@@H]21.O=CO. The van der Waals surface area contributed by atoms with Crippen LogP contribution < -0.4 is 0 Å². The highest BCUT2D eigenvalue weighted by atomic mass is 16.5. The third-order valence-electron chi connectivity index (χ3n) is 4.89. The molecule has 0 spiro atoms. The van der Waals surface area contributed by atoms with E-state index in [0.29, 0.717) is 18.8 Å². The van der Waals surface area contributed by atoms with Crippen molar-refractivity contribution in [1.29, 1.82) is 0 Å². The van der Waals surface area contributed by atoms with Crippen LogP contribution in [0.15, 0.2) is 36.5 Å². The predicted octanol–water partition coefficient (Wildman–Crippen LogP) is 0.580. The first kappa shape index (κ1) is 19.0. The van der Waals surface area contributed by atoms with Gasteiger partial charge in [0.2, 0.25) is 0 Å². The molecule has 2 heterocycles. The zero-order chi connectivity index (χ0) is 19.2. The number of aliphatic hydroxyl groups excluding tert-OH is 1. The maximum absolute atomic E-state index is 12.9. The average molecular weight is 374 g/mol. The predicted molar refractivity (Wildman–Crippen MR) is 94.4 cm³/mol. The lowest BCUT2D eigenvalue weighted by atomic mass is 10.1. The number of carboxylic acid groups (broad SMARTS) is 1. The zero-order valence-electron chi connectivity index (χ0n) is 14.7. The maximum Gasteiger partial charge on any atom is 0.290 e. The van der Waals surface area contributed by atoms with Gasteiger partial charge in [0.15, 0.2) is 5.69 Å². The summed E-state index contributed by atoms with van der Waals surface area (Å²) in [5, 5.41) is 24.4. The number of rotatable bonds is 3. The summed E-state index contributed by atoms with van der Waals surface area (Å²) in [5.41, 5.74) is 1.21. The van der Waals surface area contributed by atoms with Gasteiger partial charge in [0, 0.05) is 13.2 Å². The van der Waals surface area contributed by atoms with Crippen LogP contribution >= 0.6 is 0 Å². The molecule has 1 unspecified atom stereocenters. The fourth-order valence-corrected chi connectivity index (χ4v) is 3.67. The summed E-state index contributed by atoms with van der Waals surface area (Å²) in [5.74, 6) is 0.0856. The van der Waals surface area contributed by atoms with E-state index in [1.807, 2.05) is 35.2 Å². The van der Waals surface area contributed by atoms with Crippen LogP contribution in [0.5, 0.6) is 0 Å². The number of morpholine rings is 1. The van der Waals surface area contributed by atoms with Gasteiger partial charge in [-0.05, 0) is 30.9 Å². The second kappa shape index (κ2) is 8.74. The molecule has 4 rings (SSSR count). The quantitative estimate of drug-likeness (QED) is 0.755. The van der Waals surface area contributed by atoms with Crippen LogP contribution in [-0.2, 0) is 9.53 Å². The van der Waals surface area contributed by atoms with Gasteiger partial charge in [0.05, 0.1) is 30.6 Å². The molecule has 1 saturated carbocycles. The summed E-state index contributed by atoms with van der Waals surface area (Å²) in [6.07, 6.45) is 3.27. The minimum atomic E-state index is -0.250. The van der Waals surface area contributed by atoms with E-state index in [1.165, 1.54) is 0 Å². The number of fused-ring (bicyclic) bond motifs is 1. The Kier molecular flexibility index (Phi) is 6.15. The third-order valence-corrected chi connectivity index (χ3v) is 4.89. The van der Waals surface area contributed by atoms with E-state index in [2.05, 4.69) is 10.3 Å². The van der Waals surface area contributed by atoms with Crippen LogP contribution in [0.1, 0.15) is 23.3 Å². The molecular weight excluding hydrogens is 352 g/mol. The topological polar surface area (TPSA) is 118 Å². The lowest BCUT2D eigenvalue weighted by Gasteiger charge is -2.37. The van der Waals surface area contributed by atoms with Crippen LogP contribution in [0.2, 0.25) is 0 Å². The molecule has 9 nitrogen and oxygen atoms in total. The monoisotopic (exact) mass is 374 g/mol. The summed E-state index contributed by atoms with van der Waals surface area (Å²) in [6, 6.07) is 9.60. The molecule has 2 fully saturated rings. The molecule has 9 heteroatoms. The molecule has 1 amide bonds. The number of hydrogen-bond donors (Lipinski definition) is 2. The van der Waals surface area contributed by atoms with Crippen LogP contribution in [0.25, 0.3) is 5.69 Å². The number of aromatic nitrogens is 3. The van der Waals surface area contributed by atoms with E-state index in [9.17, 15) is 9.90 Å². The largest absolute Gasteiger partial charge is 0.483 e. The van der Waals surface area contributed by atoms with Crippen molar-refractivity contribution in [2.24, 2.45) is 5.92 Å². The smallest absolute Gasteiger partial charge is 0.290 e. The normalized spacial score (nSPS) is 23.9. The van der Waals surface area contributed by atoms with Crippen molar-refractivity contribution >= 4 is 12.4 Å². The van der Waals surface area contributed by atoms with Crippen molar-refractivity contribution in [1.82, 2.24) is 19.9 Å². The number of para-hydroxylation sites is 1. The summed E-state index contributed by atoms with van der Waals surface area (Å²) in [4.78, 5) is 23.1. The van der Waals surface area contributed by atoms with Gasteiger partial charge in [0.25, 0.3) is 12.4 Å². The van der Waals surface area contributed by atoms with Gasteiger partial charge in [0.1, 0.15) is 0 Å². The highest BCUT2D eigenvalue weighted by molar-refractivity contribution is 5.92. The molecule has 1 aromatic heterocycles. The third kappa shape index (κ3) is 4.15. The Hall–Kier alpha value is -2.78. The standard InChI is InChI=1S/C17H20N4O3.CH2O2/c22-11-12-8-15-16(9-12)24-7-6-20(15)17(23)14-10-21(19-18-14)13-4-2-1-3-5-13;2-1-3/h1-5,10,12,15-16,22H,6-9,11H2;1H,(H,2,3)/t12-,15+,16?;/m1./s1. The molecule has 27 heavy (non-hydrogen) atoms. The van der Waals surface area contributed by atoms with Gasteiger partial charge in [-0.2, -0.15) is 0 Å². The lowest BCUT2D eigenvalue weighted by Crippen LogP contribution is -2.51. The van der Waals surface area contributed by atoms with Gasteiger partial charge < -0.3 is 19.8 Å². The van der Waals surface area contributed by atoms with Crippen LogP contribution in [0, 0.1) is 5.92 Å². The highest BCUT2D eigenvalue weighted by Gasteiger charge is 2.43. The van der Waals surface area contributed by atoms with E-state index < -0.39 is 0 Å². The Morgan fingerprint density at radius 1 is 1.30 bits per heavy atom. The van der Waals surface area contributed by atoms with Crippen LogP contribution in [0.3, 0.4) is 0 Å². The van der Waals surface area contributed by atoms with Gasteiger partial charge >= 0.3 is 0 Å². The molecule has 1 aliphatic carbocycles. The van der Waals surface area contributed by atoms with Crippen molar-refractivity contribution in [2.45, 2.75) is 25.0 Å². The van der Waals surface area contributed by atoms with Crippen molar-refractivity contribution in [3.05, 3.63) is 42.2 Å². The second-order valence-corrected chi connectivity index (χ2v) is 6.48. The molecule has 1 aliphatic heterocycles. The summed E-state index contributed by atoms with van der Waals surface area (Å²) < 4.78 is 7.39. The number of aliphatic hydroxyl groups is 1. The number of carbonyl (C=O) groups excluding carboxylic acids is 1. The molecule has 144 valence electrons. The summed E-state index contributed by atoms with van der Waals surface area (Å²) >= 11 is 0. The molecule has 0 bridgehead atoms. The van der Waals surface area contributed by atoms with Gasteiger partial charge in [-0.3, -0.25) is 9.59 Å². The Labute approximate surface area is 156 Å². The molecule has 1 aromatic carbocycles. The Morgan fingerprint density at radius 3 is 2.74 bits per heavy atom. The van der Waals surface area contributed by atoms with Crippen LogP contribution in [0.4, 0.5) is 0 Å². The first-order valence-corrected chi connectivity index (χ1v) is 8.77. The number of nitrogens with zero attached hydrogens (tertiary/aromatic N) is 4. The fraction of sp³-hybridized carbons (Fsp3) is 0.444. The minimum absolute atomic E-state index is 0.0176. The van der Waals surface area contributed by atoms with Crippen molar-refractivity contribution < 1.29 is 24.5 Å². The van der Waals surface area contributed by atoms with E-state index in [1.54, 1.807) is 10.9 Å². The van der Waals surface area contributed by atoms with Crippen molar-refractivity contribution in [2.75, 3.05) is 19.8 Å². The fourth-order valence-electron chi connectivity index (χ4n) is 3.67. The second-order valence-electron chi connectivity index (χ2n) is 6.48. The average Bonchev–Trinajstić information content (AvgIpc) is 3.35. The summed E-state index contributed by atoms with van der Waals surface area (Å²) in [6.45, 7) is 0.969. The van der Waals surface area contributed by atoms with E-state index in [0.717, 1.165) is 18.5 Å². The molecule has 2 aromatic rings. The first-order valence-electron chi connectivity index (χ1n) is 8.77. The molecule has 3 atom stereocenters. The molecule has 1 saturated heterocycles.